The smallest absolute Gasteiger partial charge is 0.0281 e. The second-order valence-electron chi connectivity index (χ2n) is 3.27. The van der Waals surface area contributed by atoms with Crippen molar-refractivity contribution in [3.8, 4) is 0 Å². The molecule has 0 aromatic carbocycles. The molecule has 1 atom stereocenters. The first kappa shape index (κ1) is 8.34. The molecule has 2 nitrogen and oxygen atoms in total. The van der Waals surface area contributed by atoms with E-state index in [1.165, 1.54) is 5.56 Å². The number of nitrogens with two attached hydrogens (primary N) is 1. The predicted octanol–water partition coefficient (Wildman–Crippen LogP) is 2.09. The number of rotatable bonds is 2. The van der Waals surface area contributed by atoms with E-state index in [4.69, 9.17) is 5.73 Å². The molecule has 1 unspecified atom stereocenters. The van der Waals surface area contributed by atoms with Crippen LogP contribution in [0.3, 0.4) is 0 Å². The molecular weight excluding hydrogens is 136 g/mol. The van der Waals surface area contributed by atoms with Crippen molar-refractivity contribution in [2.24, 2.45) is 5.73 Å². The Morgan fingerprint density at radius 1 is 1.36 bits per heavy atom. The fourth-order valence-electron chi connectivity index (χ4n) is 1.02. The molecule has 1 rings (SSSR count). The minimum atomic E-state index is 0.148. The van der Waals surface area contributed by atoms with Crippen molar-refractivity contribution < 1.29 is 0 Å². The second-order valence-corrected chi connectivity index (χ2v) is 3.27. The van der Waals surface area contributed by atoms with Gasteiger partial charge in [-0.05, 0) is 32.4 Å². The Hall–Kier alpha value is -0.760. The van der Waals surface area contributed by atoms with Gasteiger partial charge in [0.25, 0.3) is 0 Å². The number of hydrogen-bond donors (Lipinski definition) is 1. The molecule has 1 aromatic rings. The van der Waals surface area contributed by atoms with E-state index in [1.807, 2.05) is 6.92 Å². The molecule has 0 fully saturated rings. The molecule has 0 amide bonds. The van der Waals surface area contributed by atoms with Gasteiger partial charge in [-0.3, -0.25) is 0 Å². The maximum Gasteiger partial charge on any atom is 0.0281 e. The zero-order valence-electron chi connectivity index (χ0n) is 7.41. The summed E-state index contributed by atoms with van der Waals surface area (Å²) in [6.45, 7) is 6.32. The summed E-state index contributed by atoms with van der Waals surface area (Å²) in [7, 11) is 0. The van der Waals surface area contributed by atoms with Crippen molar-refractivity contribution in [1.82, 2.24) is 4.57 Å². The van der Waals surface area contributed by atoms with Crippen LogP contribution in [0.25, 0.3) is 0 Å². The Labute approximate surface area is 68.0 Å². The fourth-order valence-corrected chi connectivity index (χ4v) is 1.02. The molecule has 11 heavy (non-hydrogen) atoms. The zero-order chi connectivity index (χ0) is 8.43. The van der Waals surface area contributed by atoms with E-state index in [0.29, 0.717) is 6.04 Å². The van der Waals surface area contributed by atoms with E-state index >= 15 is 0 Å². The van der Waals surface area contributed by atoms with Gasteiger partial charge in [-0.15, -0.1) is 0 Å². The largest absolute Gasteiger partial charge is 0.351 e. The van der Waals surface area contributed by atoms with E-state index in [0.717, 1.165) is 0 Å². The van der Waals surface area contributed by atoms with Crippen LogP contribution in [0.4, 0.5) is 0 Å². The molecule has 0 saturated carbocycles. The standard InChI is InChI=1S/C9H16N2/c1-7(2)11-5-4-9(6-11)8(3)10/h4-8H,10H2,1-3H3. The third-order valence-electron chi connectivity index (χ3n) is 1.86. The first-order valence-corrected chi connectivity index (χ1v) is 4.04. The van der Waals surface area contributed by atoms with Crippen LogP contribution in [-0.2, 0) is 0 Å². The lowest BCUT2D eigenvalue weighted by molar-refractivity contribution is 0.600. The highest BCUT2D eigenvalue weighted by Crippen LogP contribution is 2.13. The van der Waals surface area contributed by atoms with E-state index in [1.54, 1.807) is 0 Å². The van der Waals surface area contributed by atoms with Crippen LogP contribution in [0.1, 0.15) is 38.4 Å². The van der Waals surface area contributed by atoms with Crippen molar-refractivity contribution in [2.75, 3.05) is 0 Å². The molecule has 0 aliphatic heterocycles. The van der Waals surface area contributed by atoms with Crippen LogP contribution < -0.4 is 5.73 Å². The van der Waals surface area contributed by atoms with Crippen molar-refractivity contribution in [1.29, 1.82) is 0 Å². The summed E-state index contributed by atoms with van der Waals surface area (Å²) in [5, 5.41) is 0. The summed E-state index contributed by atoms with van der Waals surface area (Å²) in [5.74, 6) is 0. The van der Waals surface area contributed by atoms with Crippen LogP contribution >= 0.6 is 0 Å². The summed E-state index contributed by atoms with van der Waals surface area (Å²) in [5.41, 5.74) is 6.92. The molecule has 0 spiro atoms. The lowest BCUT2D eigenvalue weighted by Gasteiger charge is -2.06. The van der Waals surface area contributed by atoms with Crippen molar-refractivity contribution in [3.05, 3.63) is 24.0 Å². The van der Waals surface area contributed by atoms with E-state index in [2.05, 4.69) is 36.9 Å². The van der Waals surface area contributed by atoms with E-state index in [-0.39, 0.29) is 6.04 Å². The molecule has 0 aliphatic rings. The average molecular weight is 152 g/mol. The molecule has 0 radical (unpaired) electrons. The molecule has 0 bridgehead atoms. The normalized spacial score (nSPS) is 13.9. The Kier molecular flexibility index (Phi) is 2.35. The molecule has 1 heterocycles. The quantitative estimate of drug-likeness (QED) is 0.691. The van der Waals surface area contributed by atoms with E-state index < -0.39 is 0 Å². The highest BCUT2D eigenvalue weighted by atomic mass is 15.0. The zero-order valence-corrected chi connectivity index (χ0v) is 7.41. The third-order valence-corrected chi connectivity index (χ3v) is 1.86. The Morgan fingerprint density at radius 3 is 2.27 bits per heavy atom. The number of aromatic nitrogens is 1. The van der Waals surface area contributed by atoms with Gasteiger partial charge >= 0.3 is 0 Å². The lowest BCUT2D eigenvalue weighted by Crippen LogP contribution is -2.04. The van der Waals surface area contributed by atoms with Gasteiger partial charge < -0.3 is 10.3 Å². The summed E-state index contributed by atoms with van der Waals surface area (Å²) < 4.78 is 2.17. The molecule has 2 heteroatoms. The molecule has 0 aliphatic carbocycles. The SMILES string of the molecule is CC(N)c1ccn(C(C)C)c1. The van der Waals surface area contributed by atoms with Crippen LogP contribution in [0, 0.1) is 0 Å². The van der Waals surface area contributed by atoms with Crippen LogP contribution in [-0.4, -0.2) is 4.57 Å². The molecule has 62 valence electrons. The van der Waals surface area contributed by atoms with E-state index in [9.17, 15) is 0 Å². The van der Waals surface area contributed by atoms with Crippen LogP contribution in [0.2, 0.25) is 0 Å². The number of hydrogen-bond acceptors (Lipinski definition) is 1. The van der Waals surface area contributed by atoms with Gasteiger partial charge in [0.15, 0.2) is 0 Å². The maximum absolute atomic E-state index is 5.71. The predicted molar refractivity (Wildman–Crippen MR) is 47.4 cm³/mol. The van der Waals surface area contributed by atoms with Gasteiger partial charge in [-0.2, -0.15) is 0 Å². The first-order chi connectivity index (χ1) is 5.11. The summed E-state index contributed by atoms with van der Waals surface area (Å²) >= 11 is 0. The highest BCUT2D eigenvalue weighted by Gasteiger charge is 2.02. The highest BCUT2D eigenvalue weighted by molar-refractivity contribution is 5.14. The lowest BCUT2D eigenvalue weighted by atomic mass is 10.2. The fraction of sp³-hybridized carbons (Fsp3) is 0.556. The molecule has 2 N–H and O–H groups in total. The Morgan fingerprint density at radius 2 is 2.00 bits per heavy atom. The maximum atomic E-state index is 5.71. The van der Waals surface area contributed by atoms with Crippen LogP contribution in [0.15, 0.2) is 18.5 Å². The minimum Gasteiger partial charge on any atom is -0.351 e. The topological polar surface area (TPSA) is 30.9 Å². The number of nitrogens with zero attached hydrogens (tertiary/aromatic N) is 1. The Balaban J connectivity index is 2.82. The summed E-state index contributed by atoms with van der Waals surface area (Å²) in [6, 6.07) is 2.75. The summed E-state index contributed by atoms with van der Waals surface area (Å²) in [4.78, 5) is 0. The van der Waals surface area contributed by atoms with Crippen molar-refractivity contribution in [3.63, 3.8) is 0 Å². The molecule has 1 aromatic heterocycles. The Bertz CT molecular complexity index is 201. The second kappa shape index (κ2) is 3.09. The monoisotopic (exact) mass is 152 g/mol. The van der Waals surface area contributed by atoms with Gasteiger partial charge in [-0.25, -0.2) is 0 Å². The summed E-state index contributed by atoms with van der Waals surface area (Å²) in [6.07, 6.45) is 4.18. The van der Waals surface area contributed by atoms with Crippen LogP contribution in [0.5, 0.6) is 0 Å². The first-order valence-electron chi connectivity index (χ1n) is 4.04. The minimum absolute atomic E-state index is 0.148. The molecule has 0 saturated heterocycles. The van der Waals surface area contributed by atoms with Crippen molar-refractivity contribution >= 4 is 0 Å². The van der Waals surface area contributed by atoms with Gasteiger partial charge in [-0.1, -0.05) is 0 Å². The average Bonchev–Trinajstić information content (AvgIpc) is 2.33. The van der Waals surface area contributed by atoms with Gasteiger partial charge in [0.1, 0.15) is 0 Å². The van der Waals surface area contributed by atoms with Gasteiger partial charge in [0.2, 0.25) is 0 Å². The third kappa shape index (κ3) is 1.84. The van der Waals surface area contributed by atoms with Gasteiger partial charge in [0.05, 0.1) is 0 Å². The van der Waals surface area contributed by atoms with Crippen molar-refractivity contribution in [2.45, 2.75) is 32.9 Å². The van der Waals surface area contributed by atoms with Gasteiger partial charge in [0, 0.05) is 24.5 Å². The molecular formula is C9H16N2.